The molecule has 3 heterocycles. The van der Waals surface area contributed by atoms with E-state index < -0.39 is 0 Å². The summed E-state index contributed by atoms with van der Waals surface area (Å²) in [5, 5.41) is 3.10. The molecule has 1 atom stereocenters. The van der Waals surface area contributed by atoms with Crippen molar-refractivity contribution in [1.29, 1.82) is 0 Å². The van der Waals surface area contributed by atoms with Crippen LogP contribution in [0.15, 0.2) is 42.6 Å². The van der Waals surface area contributed by atoms with Gasteiger partial charge in [0, 0.05) is 49.2 Å². The Morgan fingerprint density at radius 1 is 1.10 bits per heavy atom. The van der Waals surface area contributed by atoms with Crippen molar-refractivity contribution in [2.24, 2.45) is 5.92 Å². The number of ether oxygens (including phenoxy) is 1. The van der Waals surface area contributed by atoms with Crippen LogP contribution in [0, 0.1) is 12.8 Å². The number of hydrogen-bond donors (Lipinski definition) is 1. The molecule has 4 rings (SSSR count). The highest BCUT2D eigenvalue weighted by atomic mass is 16.5. The number of anilines is 3. The van der Waals surface area contributed by atoms with E-state index in [4.69, 9.17) is 4.74 Å². The lowest BCUT2D eigenvalue weighted by molar-refractivity contribution is -0.120. The topological polar surface area (TPSA) is 57.7 Å². The summed E-state index contributed by atoms with van der Waals surface area (Å²) >= 11 is 0. The number of hydrogen-bond acceptors (Lipinski definition) is 5. The number of pyridine rings is 1. The van der Waals surface area contributed by atoms with Gasteiger partial charge in [-0.2, -0.15) is 0 Å². The smallest absolute Gasteiger partial charge is 0.227 e. The number of morpholine rings is 1. The summed E-state index contributed by atoms with van der Waals surface area (Å²) in [4.78, 5) is 21.8. The number of carbonyl (C=O) groups excluding carboxylic acids is 1. The van der Waals surface area contributed by atoms with Crippen molar-refractivity contribution in [2.45, 2.75) is 32.7 Å². The number of piperidine rings is 1. The average Bonchev–Trinajstić information content (AvgIpc) is 2.75. The van der Waals surface area contributed by atoms with E-state index in [1.807, 2.05) is 25.3 Å². The molecule has 2 aromatic rings. The van der Waals surface area contributed by atoms with Crippen molar-refractivity contribution in [3.8, 4) is 0 Å². The first-order chi connectivity index (χ1) is 14.1. The quantitative estimate of drug-likeness (QED) is 0.861. The fourth-order valence-corrected chi connectivity index (χ4v) is 4.11. The zero-order chi connectivity index (χ0) is 20.2. The fourth-order valence-electron chi connectivity index (χ4n) is 4.11. The van der Waals surface area contributed by atoms with E-state index in [-0.39, 0.29) is 11.8 Å². The molecule has 0 aliphatic carbocycles. The fraction of sp³-hybridized carbons (Fsp3) is 0.478. The Kier molecular flexibility index (Phi) is 6.00. The molecule has 2 aliphatic heterocycles. The van der Waals surface area contributed by atoms with Gasteiger partial charge in [0.2, 0.25) is 5.91 Å². The molecule has 0 bridgehead atoms. The Morgan fingerprint density at radius 3 is 2.52 bits per heavy atom. The molecule has 154 valence electrons. The van der Waals surface area contributed by atoms with E-state index in [0.717, 1.165) is 62.8 Å². The average molecular weight is 395 g/mol. The van der Waals surface area contributed by atoms with Crippen molar-refractivity contribution in [3.05, 3.63) is 48.2 Å². The molecule has 1 aromatic carbocycles. The summed E-state index contributed by atoms with van der Waals surface area (Å²) in [5.74, 6) is 1.17. The van der Waals surface area contributed by atoms with Gasteiger partial charge >= 0.3 is 0 Å². The van der Waals surface area contributed by atoms with Gasteiger partial charge < -0.3 is 19.9 Å². The predicted octanol–water partition coefficient (Wildman–Crippen LogP) is 3.47. The second-order valence-corrected chi connectivity index (χ2v) is 8.11. The molecule has 1 amide bonds. The van der Waals surface area contributed by atoms with Crippen molar-refractivity contribution in [1.82, 2.24) is 4.98 Å². The third-order valence-electron chi connectivity index (χ3n) is 5.92. The molecule has 2 fully saturated rings. The van der Waals surface area contributed by atoms with Gasteiger partial charge in [0.25, 0.3) is 0 Å². The summed E-state index contributed by atoms with van der Waals surface area (Å²) < 4.78 is 5.51. The highest BCUT2D eigenvalue weighted by molar-refractivity contribution is 5.92. The zero-order valence-corrected chi connectivity index (χ0v) is 17.3. The summed E-state index contributed by atoms with van der Waals surface area (Å²) in [5.41, 5.74) is 3.21. The first kappa shape index (κ1) is 19.7. The summed E-state index contributed by atoms with van der Waals surface area (Å²) in [6.45, 7) is 8.37. The summed E-state index contributed by atoms with van der Waals surface area (Å²) in [6.07, 6.45) is 3.60. The van der Waals surface area contributed by atoms with Crippen molar-refractivity contribution in [2.75, 3.05) is 48.0 Å². The number of rotatable bonds is 4. The molecule has 2 aliphatic rings. The molecule has 0 saturated carbocycles. The number of aromatic nitrogens is 1. The van der Waals surface area contributed by atoms with E-state index in [1.54, 1.807) is 0 Å². The molecule has 0 spiro atoms. The summed E-state index contributed by atoms with van der Waals surface area (Å²) in [7, 11) is 0. The van der Waals surface area contributed by atoms with Gasteiger partial charge in [-0.3, -0.25) is 4.79 Å². The normalized spacial score (nSPS) is 20.6. The van der Waals surface area contributed by atoms with E-state index in [0.29, 0.717) is 6.04 Å². The zero-order valence-electron chi connectivity index (χ0n) is 17.3. The minimum absolute atomic E-state index is 0.0515. The van der Waals surface area contributed by atoms with Crippen LogP contribution in [-0.4, -0.2) is 49.8 Å². The maximum Gasteiger partial charge on any atom is 0.227 e. The SMILES string of the molecule is Cc1ccc(N2CCC(C(=O)Nc3ccc(N4CCOCC4C)cc3)CC2)nc1. The van der Waals surface area contributed by atoms with Crippen LogP contribution < -0.4 is 15.1 Å². The monoisotopic (exact) mass is 394 g/mol. The first-order valence-electron chi connectivity index (χ1n) is 10.5. The van der Waals surface area contributed by atoms with Crippen LogP contribution in [0.4, 0.5) is 17.2 Å². The van der Waals surface area contributed by atoms with E-state index in [2.05, 4.69) is 51.3 Å². The molecular weight excluding hydrogens is 364 g/mol. The lowest BCUT2D eigenvalue weighted by Crippen LogP contribution is -2.43. The van der Waals surface area contributed by atoms with Gasteiger partial charge in [-0.05, 0) is 62.6 Å². The molecule has 1 N–H and O–H groups in total. The number of benzene rings is 1. The molecule has 0 radical (unpaired) electrons. The number of nitrogens with zero attached hydrogens (tertiary/aromatic N) is 3. The van der Waals surface area contributed by atoms with E-state index in [1.165, 1.54) is 5.69 Å². The van der Waals surface area contributed by atoms with Crippen LogP contribution in [0.1, 0.15) is 25.3 Å². The van der Waals surface area contributed by atoms with Gasteiger partial charge in [0.1, 0.15) is 5.82 Å². The maximum atomic E-state index is 12.7. The number of carbonyl (C=O) groups is 1. The molecule has 29 heavy (non-hydrogen) atoms. The molecule has 6 nitrogen and oxygen atoms in total. The molecule has 1 aromatic heterocycles. The minimum Gasteiger partial charge on any atom is -0.377 e. The predicted molar refractivity (Wildman–Crippen MR) is 117 cm³/mol. The van der Waals surface area contributed by atoms with Crippen molar-refractivity contribution < 1.29 is 9.53 Å². The van der Waals surface area contributed by atoms with Crippen LogP contribution in [0.5, 0.6) is 0 Å². The first-order valence-corrected chi connectivity index (χ1v) is 10.5. The van der Waals surface area contributed by atoms with E-state index in [9.17, 15) is 4.79 Å². The Labute approximate surface area is 172 Å². The Morgan fingerprint density at radius 2 is 1.86 bits per heavy atom. The van der Waals surface area contributed by atoms with Crippen LogP contribution >= 0.6 is 0 Å². The molecule has 6 heteroatoms. The van der Waals surface area contributed by atoms with Crippen LogP contribution in [0.3, 0.4) is 0 Å². The molecule has 2 saturated heterocycles. The molecule has 1 unspecified atom stereocenters. The number of aryl methyl sites for hydroxylation is 1. The third kappa shape index (κ3) is 4.70. The Bertz CT molecular complexity index is 814. The largest absolute Gasteiger partial charge is 0.377 e. The van der Waals surface area contributed by atoms with Crippen LogP contribution in [-0.2, 0) is 9.53 Å². The van der Waals surface area contributed by atoms with Crippen molar-refractivity contribution in [3.63, 3.8) is 0 Å². The van der Waals surface area contributed by atoms with Crippen LogP contribution in [0.25, 0.3) is 0 Å². The maximum absolute atomic E-state index is 12.7. The van der Waals surface area contributed by atoms with Gasteiger partial charge in [-0.1, -0.05) is 6.07 Å². The highest BCUT2D eigenvalue weighted by Crippen LogP contribution is 2.25. The standard InChI is InChI=1S/C23H30N4O2/c1-17-3-8-22(24-15-17)26-11-9-19(10-12-26)23(28)25-20-4-6-21(7-5-20)27-13-14-29-16-18(27)2/h3-8,15,18-19H,9-14,16H2,1-2H3,(H,25,28). The second kappa shape index (κ2) is 8.82. The number of nitrogens with one attached hydrogen (secondary N) is 1. The highest BCUT2D eigenvalue weighted by Gasteiger charge is 2.26. The lowest BCUT2D eigenvalue weighted by Gasteiger charge is -2.35. The lowest BCUT2D eigenvalue weighted by atomic mass is 9.95. The second-order valence-electron chi connectivity index (χ2n) is 8.11. The van der Waals surface area contributed by atoms with Crippen LogP contribution in [0.2, 0.25) is 0 Å². The Balaban J connectivity index is 1.30. The van der Waals surface area contributed by atoms with Gasteiger partial charge in [-0.25, -0.2) is 4.98 Å². The Hall–Kier alpha value is -2.60. The van der Waals surface area contributed by atoms with E-state index >= 15 is 0 Å². The van der Waals surface area contributed by atoms with Gasteiger partial charge in [0.05, 0.1) is 13.2 Å². The van der Waals surface area contributed by atoms with Crippen molar-refractivity contribution >= 4 is 23.1 Å². The molecular formula is C23H30N4O2. The summed E-state index contributed by atoms with van der Waals surface area (Å²) in [6, 6.07) is 12.7. The third-order valence-corrected chi connectivity index (χ3v) is 5.92. The minimum atomic E-state index is 0.0515. The van der Waals surface area contributed by atoms with Gasteiger partial charge in [-0.15, -0.1) is 0 Å². The van der Waals surface area contributed by atoms with Gasteiger partial charge in [0.15, 0.2) is 0 Å². The number of amides is 1.